The average Bonchev–Trinajstić information content (AvgIpc) is 2.46. The van der Waals surface area contributed by atoms with Crippen molar-refractivity contribution in [3.8, 4) is 11.8 Å². The highest BCUT2D eigenvalue weighted by Crippen LogP contribution is 2.29. The van der Waals surface area contributed by atoms with Crippen molar-refractivity contribution in [1.29, 1.82) is 5.26 Å². The van der Waals surface area contributed by atoms with E-state index in [-0.39, 0.29) is 0 Å². The molecule has 0 N–H and O–H groups in total. The third kappa shape index (κ3) is 3.08. The van der Waals surface area contributed by atoms with Gasteiger partial charge in [-0.15, -0.1) is 0 Å². The molecule has 0 bridgehead atoms. The molecule has 102 valence electrons. The number of benzene rings is 1. The Hall–Kier alpha value is -1.53. The summed E-state index contributed by atoms with van der Waals surface area (Å²) in [6.45, 7) is 7.36. The van der Waals surface area contributed by atoms with E-state index >= 15 is 0 Å². The van der Waals surface area contributed by atoms with Crippen LogP contribution in [0.2, 0.25) is 0 Å². The molecule has 1 aromatic rings. The van der Waals surface area contributed by atoms with Gasteiger partial charge >= 0.3 is 0 Å². The summed E-state index contributed by atoms with van der Waals surface area (Å²) in [4.78, 5) is 2.50. The normalized spacial score (nSPS) is 17.7. The lowest BCUT2D eigenvalue weighted by Gasteiger charge is -2.35. The van der Waals surface area contributed by atoms with Gasteiger partial charge in [-0.3, -0.25) is 4.90 Å². The van der Waals surface area contributed by atoms with E-state index in [1.165, 1.54) is 0 Å². The SMILES string of the molecule is CCCN(CCC)C1COc2cccc(C#N)c2C1. The third-order valence-electron chi connectivity index (χ3n) is 3.66. The van der Waals surface area contributed by atoms with Gasteiger partial charge in [0, 0.05) is 11.6 Å². The highest BCUT2D eigenvalue weighted by Gasteiger charge is 2.26. The second-order valence-electron chi connectivity index (χ2n) is 5.10. The molecule has 3 nitrogen and oxygen atoms in total. The van der Waals surface area contributed by atoms with Crippen molar-refractivity contribution in [1.82, 2.24) is 4.90 Å². The zero-order chi connectivity index (χ0) is 13.7. The van der Waals surface area contributed by atoms with Crippen LogP contribution in [0.3, 0.4) is 0 Å². The Kier molecular flexibility index (Phi) is 4.81. The lowest BCUT2D eigenvalue weighted by Crippen LogP contribution is -2.44. The van der Waals surface area contributed by atoms with Gasteiger partial charge in [0.05, 0.1) is 11.6 Å². The number of fused-ring (bicyclic) bond motifs is 1. The van der Waals surface area contributed by atoms with Crippen molar-refractivity contribution in [3.05, 3.63) is 29.3 Å². The summed E-state index contributed by atoms with van der Waals surface area (Å²) in [5.41, 5.74) is 1.84. The molecule has 3 heteroatoms. The second-order valence-corrected chi connectivity index (χ2v) is 5.10. The van der Waals surface area contributed by atoms with E-state index in [0.29, 0.717) is 6.04 Å². The van der Waals surface area contributed by atoms with Gasteiger partial charge in [0.2, 0.25) is 0 Å². The van der Waals surface area contributed by atoms with Gasteiger partial charge in [-0.05, 0) is 44.5 Å². The van der Waals surface area contributed by atoms with E-state index < -0.39 is 0 Å². The summed E-state index contributed by atoms with van der Waals surface area (Å²) < 4.78 is 5.86. The summed E-state index contributed by atoms with van der Waals surface area (Å²) in [6.07, 6.45) is 3.24. The smallest absolute Gasteiger partial charge is 0.123 e. The number of nitrogens with zero attached hydrogens (tertiary/aromatic N) is 2. The van der Waals surface area contributed by atoms with Crippen molar-refractivity contribution < 1.29 is 4.74 Å². The maximum atomic E-state index is 9.21. The molecule has 2 rings (SSSR count). The molecule has 0 saturated heterocycles. The van der Waals surface area contributed by atoms with Gasteiger partial charge in [0.25, 0.3) is 0 Å². The molecule has 1 heterocycles. The standard InChI is InChI=1S/C16H22N2O/c1-3-8-18(9-4-2)14-10-15-13(11-17)6-5-7-16(15)19-12-14/h5-7,14H,3-4,8-10,12H2,1-2H3. The van der Waals surface area contributed by atoms with Crippen LogP contribution in [0.1, 0.15) is 37.8 Å². The summed E-state index contributed by atoms with van der Waals surface area (Å²) in [7, 11) is 0. The maximum Gasteiger partial charge on any atom is 0.123 e. The van der Waals surface area contributed by atoms with E-state index in [0.717, 1.165) is 55.8 Å². The largest absolute Gasteiger partial charge is 0.492 e. The fourth-order valence-corrected chi connectivity index (χ4v) is 2.78. The Bertz CT molecular complexity index is 458. The lowest BCUT2D eigenvalue weighted by atomic mass is 9.96. The van der Waals surface area contributed by atoms with Crippen LogP contribution < -0.4 is 4.74 Å². The van der Waals surface area contributed by atoms with Gasteiger partial charge in [0.15, 0.2) is 0 Å². The van der Waals surface area contributed by atoms with Crippen molar-refractivity contribution in [3.63, 3.8) is 0 Å². The number of hydrogen-bond donors (Lipinski definition) is 0. The molecule has 1 atom stereocenters. The Balaban J connectivity index is 2.18. The molecule has 1 aliphatic heterocycles. The Morgan fingerprint density at radius 2 is 2.05 bits per heavy atom. The maximum absolute atomic E-state index is 9.21. The predicted octanol–water partition coefficient (Wildman–Crippen LogP) is 2.98. The van der Waals surface area contributed by atoms with Crippen LogP contribution in [-0.4, -0.2) is 30.6 Å². The van der Waals surface area contributed by atoms with Crippen LogP contribution in [0, 0.1) is 11.3 Å². The lowest BCUT2D eigenvalue weighted by molar-refractivity contribution is 0.119. The second kappa shape index (κ2) is 6.58. The molecule has 0 spiro atoms. The molecule has 1 unspecified atom stereocenters. The van der Waals surface area contributed by atoms with Crippen LogP contribution in [0.25, 0.3) is 0 Å². The zero-order valence-electron chi connectivity index (χ0n) is 11.9. The molecule has 0 radical (unpaired) electrons. The van der Waals surface area contributed by atoms with E-state index in [1.54, 1.807) is 0 Å². The Morgan fingerprint density at radius 1 is 1.32 bits per heavy atom. The molecule has 0 aliphatic carbocycles. The minimum absolute atomic E-state index is 0.405. The highest BCUT2D eigenvalue weighted by atomic mass is 16.5. The highest BCUT2D eigenvalue weighted by molar-refractivity contribution is 5.48. The number of ether oxygens (including phenoxy) is 1. The predicted molar refractivity (Wildman–Crippen MR) is 76.3 cm³/mol. The molecular weight excluding hydrogens is 236 g/mol. The van der Waals surface area contributed by atoms with Gasteiger partial charge in [-0.2, -0.15) is 5.26 Å². The summed E-state index contributed by atoms with van der Waals surface area (Å²) in [6, 6.07) is 8.43. The first kappa shape index (κ1) is 13.9. The Labute approximate surface area is 115 Å². The Morgan fingerprint density at radius 3 is 2.68 bits per heavy atom. The molecule has 0 fully saturated rings. The average molecular weight is 258 g/mol. The van der Waals surface area contributed by atoms with E-state index in [9.17, 15) is 5.26 Å². The molecule has 19 heavy (non-hydrogen) atoms. The van der Waals surface area contributed by atoms with Crippen LogP contribution in [0.15, 0.2) is 18.2 Å². The monoisotopic (exact) mass is 258 g/mol. The molecule has 1 aromatic carbocycles. The molecular formula is C16H22N2O. The first-order chi connectivity index (χ1) is 9.30. The minimum Gasteiger partial charge on any atom is -0.492 e. The summed E-state index contributed by atoms with van der Waals surface area (Å²) >= 11 is 0. The van der Waals surface area contributed by atoms with Gasteiger partial charge in [-0.25, -0.2) is 0 Å². The first-order valence-corrected chi connectivity index (χ1v) is 7.19. The van der Waals surface area contributed by atoms with Gasteiger partial charge < -0.3 is 4.74 Å². The summed E-state index contributed by atoms with van der Waals surface area (Å²) in [5.74, 6) is 0.892. The van der Waals surface area contributed by atoms with E-state index in [1.807, 2.05) is 18.2 Å². The van der Waals surface area contributed by atoms with Crippen LogP contribution >= 0.6 is 0 Å². The van der Waals surface area contributed by atoms with Gasteiger partial charge in [-0.1, -0.05) is 19.9 Å². The van der Waals surface area contributed by atoms with Crippen molar-refractivity contribution >= 4 is 0 Å². The number of hydrogen-bond acceptors (Lipinski definition) is 3. The zero-order valence-corrected chi connectivity index (χ0v) is 11.9. The summed E-state index contributed by atoms with van der Waals surface area (Å²) in [5, 5.41) is 9.21. The molecule has 0 aromatic heterocycles. The topological polar surface area (TPSA) is 36.3 Å². The van der Waals surface area contributed by atoms with Crippen molar-refractivity contribution in [2.75, 3.05) is 19.7 Å². The number of nitriles is 1. The quantitative estimate of drug-likeness (QED) is 0.814. The first-order valence-electron chi connectivity index (χ1n) is 7.19. The number of rotatable bonds is 5. The van der Waals surface area contributed by atoms with E-state index in [4.69, 9.17) is 4.74 Å². The minimum atomic E-state index is 0.405. The molecule has 1 aliphatic rings. The van der Waals surface area contributed by atoms with Crippen molar-refractivity contribution in [2.45, 2.75) is 39.2 Å². The fourth-order valence-electron chi connectivity index (χ4n) is 2.78. The van der Waals surface area contributed by atoms with Crippen LogP contribution in [0.5, 0.6) is 5.75 Å². The fraction of sp³-hybridized carbons (Fsp3) is 0.562. The molecule has 0 saturated carbocycles. The van der Waals surface area contributed by atoms with Crippen LogP contribution in [0.4, 0.5) is 0 Å². The third-order valence-corrected chi connectivity index (χ3v) is 3.66. The van der Waals surface area contributed by atoms with E-state index in [2.05, 4.69) is 24.8 Å². The van der Waals surface area contributed by atoms with Gasteiger partial charge in [0.1, 0.15) is 12.4 Å². The van der Waals surface area contributed by atoms with Crippen LogP contribution in [-0.2, 0) is 6.42 Å². The van der Waals surface area contributed by atoms with Crippen molar-refractivity contribution in [2.24, 2.45) is 0 Å². The molecule has 0 amide bonds.